The third-order valence-corrected chi connectivity index (χ3v) is 3.68. The van der Waals surface area contributed by atoms with Gasteiger partial charge in [-0.3, -0.25) is 9.37 Å². The van der Waals surface area contributed by atoms with Crippen LogP contribution in [0.2, 0.25) is 0 Å². The number of alkyl halides is 2. The van der Waals surface area contributed by atoms with Crippen LogP contribution in [0.5, 0.6) is 0 Å². The highest BCUT2D eigenvalue weighted by Gasteiger charge is 2.15. The van der Waals surface area contributed by atoms with Gasteiger partial charge in [-0.25, -0.2) is 6.57 Å². The maximum Gasteiger partial charge on any atom is 0.205 e. The molecule has 0 saturated heterocycles. The minimum absolute atomic E-state index is 0.474. The lowest BCUT2D eigenvalue weighted by Gasteiger charge is -2.18. The average molecular weight is 412 g/mol. The van der Waals surface area contributed by atoms with Crippen LogP contribution in [0.3, 0.4) is 0 Å². The predicted molar refractivity (Wildman–Crippen MR) is 100 cm³/mol. The summed E-state index contributed by atoms with van der Waals surface area (Å²) < 4.78 is 10.7. The largest absolute Gasteiger partial charge is 0.320 e. The predicted octanol–water partition coefficient (Wildman–Crippen LogP) is 5.47. The Bertz CT molecular complexity index is 553. The van der Waals surface area contributed by atoms with Crippen molar-refractivity contribution in [3.05, 3.63) is 76.9 Å². The zero-order valence-electron chi connectivity index (χ0n) is 13.3. The molecule has 0 saturated carbocycles. The molecule has 0 amide bonds. The molecule has 1 unspecified atom stereocenters. The van der Waals surface area contributed by atoms with Gasteiger partial charge in [-0.2, -0.15) is 0 Å². The van der Waals surface area contributed by atoms with Gasteiger partial charge in [0.1, 0.15) is 0 Å². The van der Waals surface area contributed by atoms with E-state index in [1.165, 1.54) is 23.7 Å². The van der Waals surface area contributed by atoms with Gasteiger partial charge < -0.3 is 4.85 Å². The molecule has 22 heavy (non-hydrogen) atoms. The second-order valence-corrected chi connectivity index (χ2v) is 5.48. The molecule has 0 aliphatic rings. The van der Waals surface area contributed by atoms with E-state index in [1.54, 1.807) is 0 Å². The Morgan fingerprint density at radius 3 is 2.32 bits per heavy atom. The van der Waals surface area contributed by atoms with Crippen LogP contribution < -0.4 is 0 Å². The van der Waals surface area contributed by atoms with Gasteiger partial charge in [-0.15, -0.1) is 0 Å². The first-order valence-corrected chi connectivity index (χ1v) is 8.41. The highest BCUT2D eigenvalue weighted by atomic mass is 127. The zero-order chi connectivity index (χ0) is 16.8. The molecule has 0 spiro atoms. The summed E-state index contributed by atoms with van der Waals surface area (Å²) in [5.74, 6) is 0.474. The van der Waals surface area contributed by atoms with Gasteiger partial charge in [0, 0.05) is 22.7 Å². The van der Waals surface area contributed by atoms with Crippen molar-refractivity contribution in [1.82, 2.24) is 4.98 Å². The van der Waals surface area contributed by atoms with Crippen molar-refractivity contribution in [2.45, 2.75) is 19.3 Å². The average Bonchev–Trinajstić information content (AvgIpc) is 2.57. The Hall–Kier alpha value is -1.48. The van der Waals surface area contributed by atoms with Crippen molar-refractivity contribution < 1.29 is 4.39 Å². The maximum atomic E-state index is 9.50. The summed E-state index contributed by atoms with van der Waals surface area (Å²) in [5, 5.41) is 0. The maximum absolute atomic E-state index is 9.50. The molecule has 1 aromatic heterocycles. The summed E-state index contributed by atoms with van der Waals surface area (Å²) in [5.41, 5.74) is 4.08. The number of aryl methyl sites for hydroxylation is 1. The van der Waals surface area contributed by atoms with Crippen LogP contribution in [0.4, 0.5) is 4.39 Å². The van der Waals surface area contributed by atoms with Gasteiger partial charge >= 0.3 is 0 Å². The molecule has 2 aromatic rings. The molecule has 118 valence electrons. The molecule has 0 aliphatic heterocycles. The van der Waals surface area contributed by atoms with Crippen molar-refractivity contribution >= 4 is 22.6 Å². The molecule has 1 heterocycles. The van der Waals surface area contributed by atoms with E-state index in [9.17, 15) is 4.39 Å². The molecule has 1 atom stereocenters. The zero-order valence-corrected chi connectivity index (χ0v) is 15.4. The first-order chi connectivity index (χ1) is 10.7. The van der Waals surface area contributed by atoms with E-state index in [0.29, 0.717) is 13.1 Å². The normalized spacial score (nSPS) is 10.2. The molecule has 2 rings (SSSR count). The fraction of sp³-hybridized carbons (Fsp3) is 0.333. The van der Waals surface area contributed by atoms with Gasteiger partial charge in [0.05, 0.1) is 7.18 Å². The van der Waals surface area contributed by atoms with Crippen LogP contribution in [0.15, 0.2) is 48.8 Å². The molecule has 0 radical (unpaired) electrons. The number of halogens is 2. The molecule has 0 N–H and O–H groups in total. The van der Waals surface area contributed by atoms with Gasteiger partial charge in [0.25, 0.3) is 0 Å². The van der Waals surface area contributed by atoms with Crippen molar-refractivity contribution in [3.63, 3.8) is 0 Å². The van der Waals surface area contributed by atoms with E-state index >= 15 is 0 Å². The summed E-state index contributed by atoms with van der Waals surface area (Å²) in [7, 11) is 1.92. The molecule has 4 heteroatoms. The van der Waals surface area contributed by atoms with E-state index in [0.717, 1.165) is 10.8 Å². The fourth-order valence-electron chi connectivity index (χ4n) is 2.14. The molecule has 1 aromatic carbocycles. The quantitative estimate of drug-likeness (QED) is 0.370. The molecule has 0 aliphatic carbocycles. The smallest absolute Gasteiger partial charge is 0.205 e. The monoisotopic (exact) mass is 412 g/mol. The highest BCUT2D eigenvalue weighted by molar-refractivity contribution is 14.1. The molecular formula is C18H22FIN2. The number of aromatic nitrogens is 1. The van der Waals surface area contributed by atoms with E-state index < -0.39 is 0 Å². The number of rotatable bonds is 4. The lowest BCUT2D eigenvalue weighted by Crippen LogP contribution is -2.04. The van der Waals surface area contributed by atoms with Crippen molar-refractivity contribution in [2.75, 3.05) is 18.7 Å². The number of benzene rings is 1. The molecule has 0 fully saturated rings. The summed E-state index contributed by atoms with van der Waals surface area (Å²) in [6.45, 7) is 8.00. The molecular weight excluding hydrogens is 390 g/mol. The number of pyridine rings is 1. The van der Waals surface area contributed by atoms with Crippen molar-refractivity contribution in [3.8, 4) is 0 Å². The first-order valence-electron chi connectivity index (χ1n) is 6.89. The second kappa shape index (κ2) is 13.2. The fourth-order valence-corrected chi connectivity index (χ4v) is 2.76. The third-order valence-electron chi connectivity index (χ3n) is 3.05. The third kappa shape index (κ3) is 6.99. The first kappa shape index (κ1) is 20.5. The number of nitrogens with zero attached hydrogens (tertiary/aromatic N) is 2. The van der Waals surface area contributed by atoms with Crippen LogP contribution in [-0.2, 0) is 0 Å². The Kier molecular flexibility index (Phi) is 12.3. The lowest BCUT2D eigenvalue weighted by molar-refractivity contribution is 0.636. The Morgan fingerprint density at radius 2 is 1.82 bits per heavy atom. The number of hydrogen-bond donors (Lipinski definition) is 0. The van der Waals surface area contributed by atoms with Crippen molar-refractivity contribution in [1.29, 1.82) is 0 Å². The standard InChI is InChI=1S/C15H16IN.C2H3N.CH3F/c1-12-8-10-17-11-15(12)14(7-9-16)13-5-3-2-4-6-13;1-3-2;1-2/h2-6,8,10-11,14H,7,9H2,1H3;1H3;1H3. The summed E-state index contributed by atoms with van der Waals surface area (Å²) in [6.07, 6.45) is 5.04. The topological polar surface area (TPSA) is 17.2 Å². The summed E-state index contributed by atoms with van der Waals surface area (Å²) in [6, 6.07) is 12.8. The SMILES string of the molecule is CF.Cc1ccncc1C(CCI)c1ccccc1.[C-]#[N+]C. The molecule has 2 nitrogen and oxygen atoms in total. The van der Waals surface area contributed by atoms with Gasteiger partial charge in [-0.1, -0.05) is 52.9 Å². The Morgan fingerprint density at radius 1 is 1.23 bits per heavy atom. The second-order valence-electron chi connectivity index (χ2n) is 4.40. The molecule has 0 bridgehead atoms. The van der Waals surface area contributed by atoms with Crippen LogP contribution in [0.25, 0.3) is 4.85 Å². The Balaban J connectivity index is 0.000000789. The highest BCUT2D eigenvalue weighted by Crippen LogP contribution is 2.30. The Labute approximate surface area is 146 Å². The van der Waals surface area contributed by atoms with E-state index in [2.05, 4.69) is 75.7 Å². The van der Waals surface area contributed by atoms with Crippen molar-refractivity contribution in [2.24, 2.45) is 0 Å². The van der Waals surface area contributed by atoms with Crippen LogP contribution in [0.1, 0.15) is 29.0 Å². The summed E-state index contributed by atoms with van der Waals surface area (Å²) in [4.78, 5) is 7.02. The number of hydrogen-bond acceptors (Lipinski definition) is 1. The summed E-state index contributed by atoms with van der Waals surface area (Å²) >= 11 is 2.45. The minimum atomic E-state index is 0.474. The van der Waals surface area contributed by atoms with Crippen LogP contribution in [-0.4, -0.2) is 23.6 Å². The van der Waals surface area contributed by atoms with Crippen LogP contribution >= 0.6 is 22.6 Å². The lowest BCUT2D eigenvalue weighted by atomic mass is 9.88. The van der Waals surface area contributed by atoms with Crippen LogP contribution in [0, 0.1) is 13.5 Å². The minimum Gasteiger partial charge on any atom is -0.320 e. The van der Waals surface area contributed by atoms with E-state index in [4.69, 9.17) is 6.57 Å². The van der Waals surface area contributed by atoms with E-state index in [-0.39, 0.29) is 0 Å². The van der Waals surface area contributed by atoms with E-state index in [1.807, 2.05) is 12.4 Å². The van der Waals surface area contributed by atoms with Gasteiger partial charge in [0.15, 0.2) is 0 Å². The van der Waals surface area contributed by atoms with Gasteiger partial charge in [0.2, 0.25) is 7.05 Å². The van der Waals surface area contributed by atoms with Gasteiger partial charge in [-0.05, 0) is 36.1 Å².